The third-order valence-corrected chi connectivity index (χ3v) is 5.17. The molecule has 2 atom stereocenters. The van der Waals surface area contributed by atoms with Gasteiger partial charge >= 0.3 is 6.03 Å². The molecule has 1 N–H and O–H groups in total. The maximum Gasteiger partial charge on any atom is 0.317 e. The normalized spacial score (nSPS) is 29.6. The highest BCUT2D eigenvalue weighted by Gasteiger charge is 2.45. The molecule has 2 aliphatic heterocycles. The lowest BCUT2D eigenvalue weighted by atomic mass is 9.88. The first kappa shape index (κ1) is 15.6. The highest BCUT2D eigenvalue weighted by Crippen LogP contribution is 2.29. The first-order chi connectivity index (χ1) is 10.7. The highest BCUT2D eigenvalue weighted by atomic mass is 16.5. The van der Waals surface area contributed by atoms with Crippen LogP contribution in [0.25, 0.3) is 0 Å². The average Bonchev–Trinajstić information content (AvgIpc) is 2.96. The molecule has 6 heteroatoms. The zero-order valence-corrected chi connectivity index (χ0v) is 13.4. The van der Waals surface area contributed by atoms with Gasteiger partial charge in [0.05, 0.1) is 18.7 Å². The predicted octanol–water partition coefficient (Wildman–Crippen LogP) is 1.21. The fourth-order valence-corrected chi connectivity index (χ4v) is 3.98. The summed E-state index contributed by atoms with van der Waals surface area (Å²) in [5, 5.41) is 2.83. The number of morpholine rings is 1. The lowest BCUT2D eigenvalue weighted by molar-refractivity contribution is -0.154. The first-order valence-corrected chi connectivity index (χ1v) is 8.63. The van der Waals surface area contributed by atoms with E-state index in [9.17, 15) is 9.59 Å². The van der Waals surface area contributed by atoms with Crippen LogP contribution in [-0.4, -0.2) is 66.7 Å². The second-order valence-electron chi connectivity index (χ2n) is 6.71. The Balaban J connectivity index is 1.64. The largest absolute Gasteiger partial charge is 0.364 e. The molecule has 0 unspecified atom stereocenters. The Morgan fingerprint density at radius 2 is 2.05 bits per heavy atom. The summed E-state index contributed by atoms with van der Waals surface area (Å²) in [7, 11) is 0. The van der Waals surface area contributed by atoms with Crippen LogP contribution in [0.3, 0.4) is 0 Å². The van der Waals surface area contributed by atoms with E-state index in [-0.39, 0.29) is 30.7 Å². The van der Waals surface area contributed by atoms with Crippen molar-refractivity contribution in [1.29, 1.82) is 0 Å². The molecule has 0 spiro atoms. The summed E-state index contributed by atoms with van der Waals surface area (Å²) in [6.45, 7) is 4.72. The van der Waals surface area contributed by atoms with Gasteiger partial charge < -0.3 is 19.9 Å². The fourth-order valence-electron chi connectivity index (χ4n) is 3.98. The van der Waals surface area contributed by atoms with Gasteiger partial charge in [-0.25, -0.2) is 4.79 Å². The number of amides is 3. The molecule has 6 nitrogen and oxygen atoms in total. The maximum absolute atomic E-state index is 12.3. The Hall–Kier alpha value is -1.30. The minimum Gasteiger partial charge on any atom is -0.364 e. The molecule has 0 aromatic heterocycles. The molecule has 3 aliphatic rings. The van der Waals surface area contributed by atoms with Gasteiger partial charge in [-0.15, -0.1) is 0 Å². The summed E-state index contributed by atoms with van der Waals surface area (Å²) < 4.78 is 5.68. The van der Waals surface area contributed by atoms with Crippen LogP contribution >= 0.6 is 0 Å². The third kappa shape index (κ3) is 3.21. The van der Waals surface area contributed by atoms with E-state index < -0.39 is 0 Å². The van der Waals surface area contributed by atoms with Gasteiger partial charge in [-0.1, -0.05) is 19.3 Å². The molecule has 0 aromatic carbocycles. The Bertz CT molecular complexity index is 423. The lowest BCUT2D eigenvalue weighted by Gasteiger charge is -2.39. The number of nitrogens with zero attached hydrogens (tertiary/aromatic N) is 2. The minimum absolute atomic E-state index is 0.0242. The molecule has 2 heterocycles. The van der Waals surface area contributed by atoms with Gasteiger partial charge in [0.1, 0.15) is 6.61 Å². The van der Waals surface area contributed by atoms with E-state index in [0.717, 1.165) is 6.54 Å². The molecule has 22 heavy (non-hydrogen) atoms. The van der Waals surface area contributed by atoms with Gasteiger partial charge in [-0.2, -0.15) is 0 Å². The summed E-state index contributed by atoms with van der Waals surface area (Å²) in [6.07, 6.45) is 6.31. The predicted molar refractivity (Wildman–Crippen MR) is 82.5 cm³/mol. The molecule has 3 amide bonds. The van der Waals surface area contributed by atoms with E-state index in [4.69, 9.17) is 4.74 Å². The number of ether oxygens (including phenoxy) is 1. The molecule has 0 aromatic rings. The zero-order valence-electron chi connectivity index (χ0n) is 13.4. The molecular formula is C16H27N3O3. The Labute approximate surface area is 132 Å². The number of rotatable bonds is 3. The van der Waals surface area contributed by atoms with Crippen molar-refractivity contribution in [2.24, 2.45) is 5.92 Å². The number of likely N-dealkylation sites (tertiary alicyclic amines) is 1. The summed E-state index contributed by atoms with van der Waals surface area (Å²) >= 11 is 0. The van der Waals surface area contributed by atoms with Crippen molar-refractivity contribution >= 4 is 11.9 Å². The average molecular weight is 309 g/mol. The molecule has 1 saturated carbocycles. The topological polar surface area (TPSA) is 61.9 Å². The van der Waals surface area contributed by atoms with Crippen molar-refractivity contribution in [1.82, 2.24) is 15.1 Å². The van der Waals surface area contributed by atoms with E-state index >= 15 is 0 Å². The van der Waals surface area contributed by atoms with Crippen molar-refractivity contribution < 1.29 is 14.3 Å². The maximum atomic E-state index is 12.3. The number of urea groups is 1. The van der Waals surface area contributed by atoms with Gasteiger partial charge in [-0.3, -0.25) is 4.79 Å². The summed E-state index contributed by atoms with van der Waals surface area (Å²) in [5.41, 5.74) is 0. The van der Waals surface area contributed by atoms with E-state index in [1.807, 2.05) is 11.8 Å². The highest BCUT2D eigenvalue weighted by molar-refractivity contribution is 5.79. The number of fused-ring (bicyclic) bond motifs is 1. The summed E-state index contributed by atoms with van der Waals surface area (Å²) in [6, 6.07) is -0.0173. The lowest BCUT2D eigenvalue weighted by Crippen LogP contribution is -2.55. The first-order valence-electron chi connectivity index (χ1n) is 8.63. The smallest absolute Gasteiger partial charge is 0.317 e. The quantitative estimate of drug-likeness (QED) is 0.852. The van der Waals surface area contributed by atoms with Gasteiger partial charge in [0.2, 0.25) is 5.91 Å². The third-order valence-electron chi connectivity index (χ3n) is 5.17. The number of nitrogens with one attached hydrogen (secondary N) is 1. The van der Waals surface area contributed by atoms with Gasteiger partial charge in [0.25, 0.3) is 0 Å². The molecule has 1 aliphatic carbocycles. The monoisotopic (exact) mass is 309 g/mol. The molecule has 124 valence electrons. The second-order valence-corrected chi connectivity index (χ2v) is 6.71. The SMILES string of the molecule is CCNC(=O)N1C[C@@H]2OCC(=O)N(CC3CCCCC3)[C@@H]2C1. The van der Waals surface area contributed by atoms with Crippen LogP contribution in [0.4, 0.5) is 4.79 Å². The second kappa shape index (κ2) is 6.86. The molecule has 2 saturated heterocycles. The molecular weight excluding hydrogens is 282 g/mol. The van der Waals surface area contributed by atoms with Crippen LogP contribution in [0, 0.1) is 5.92 Å². The van der Waals surface area contributed by atoms with Crippen molar-refractivity contribution in [2.75, 3.05) is 32.8 Å². The Kier molecular flexibility index (Phi) is 4.86. The molecule has 0 bridgehead atoms. The summed E-state index contributed by atoms with van der Waals surface area (Å²) in [5.74, 6) is 0.708. The van der Waals surface area contributed by atoms with E-state index in [1.54, 1.807) is 4.90 Å². The summed E-state index contributed by atoms with van der Waals surface area (Å²) in [4.78, 5) is 28.1. The number of hydrogen-bond acceptors (Lipinski definition) is 3. The minimum atomic E-state index is -0.0504. The number of carbonyl (C=O) groups excluding carboxylic acids is 2. The van der Waals surface area contributed by atoms with Gasteiger partial charge in [-0.05, 0) is 25.7 Å². The molecule has 0 radical (unpaired) electrons. The number of hydrogen-bond donors (Lipinski definition) is 1. The van der Waals surface area contributed by atoms with Crippen LogP contribution in [-0.2, 0) is 9.53 Å². The van der Waals surface area contributed by atoms with Crippen molar-refractivity contribution in [3.05, 3.63) is 0 Å². The molecule has 3 fully saturated rings. The van der Waals surface area contributed by atoms with Gasteiger partial charge in [0, 0.05) is 19.6 Å². The van der Waals surface area contributed by atoms with E-state index in [0.29, 0.717) is 25.6 Å². The van der Waals surface area contributed by atoms with Crippen LogP contribution < -0.4 is 5.32 Å². The van der Waals surface area contributed by atoms with Crippen LogP contribution in [0.2, 0.25) is 0 Å². The molecule has 3 rings (SSSR count). The zero-order chi connectivity index (χ0) is 15.5. The van der Waals surface area contributed by atoms with Crippen molar-refractivity contribution in [3.8, 4) is 0 Å². The Morgan fingerprint density at radius 1 is 1.27 bits per heavy atom. The van der Waals surface area contributed by atoms with Crippen LogP contribution in [0.1, 0.15) is 39.0 Å². The number of carbonyl (C=O) groups is 2. The Morgan fingerprint density at radius 3 is 2.77 bits per heavy atom. The standard InChI is InChI=1S/C16H27N3O3/c1-2-17-16(21)18-9-13-14(10-18)22-11-15(20)19(13)8-12-6-4-3-5-7-12/h12-14H,2-11H2,1H3,(H,17,21)/t13-,14+/m1/s1. The van der Waals surface area contributed by atoms with Crippen LogP contribution in [0.15, 0.2) is 0 Å². The van der Waals surface area contributed by atoms with E-state index in [1.165, 1.54) is 32.1 Å². The van der Waals surface area contributed by atoms with Crippen LogP contribution in [0.5, 0.6) is 0 Å². The van der Waals surface area contributed by atoms with Crippen molar-refractivity contribution in [3.63, 3.8) is 0 Å². The van der Waals surface area contributed by atoms with Gasteiger partial charge in [0.15, 0.2) is 0 Å². The van der Waals surface area contributed by atoms with Crippen molar-refractivity contribution in [2.45, 2.75) is 51.2 Å². The van der Waals surface area contributed by atoms with E-state index in [2.05, 4.69) is 5.32 Å². The fraction of sp³-hybridized carbons (Fsp3) is 0.875.